The van der Waals surface area contributed by atoms with Crippen LogP contribution in [0.25, 0.3) is 0 Å². The van der Waals surface area contributed by atoms with E-state index in [0.717, 1.165) is 70.6 Å². The van der Waals surface area contributed by atoms with Gasteiger partial charge in [-0.15, -0.1) is 0 Å². The fraction of sp³-hybridized carbons (Fsp3) is 0.841. The lowest BCUT2D eigenvalue weighted by molar-refractivity contribution is -0.298. The monoisotopic (exact) mass is 848 g/mol. The molecule has 340 valence electrons. The van der Waals surface area contributed by atoms with Gasteiger partial charge in [0.1, 0.15) is 30.5 Å². The third kappa shape index (κ3) is 27.2. The summed E-state index contributed by atoms with van der Waals surface area (Å²) in [5.41, 5.74) is 0. The fourth-order valence-electron chi connectivity index (χ4n) is 6.88. The van der Waals surface area contributed by atoms with Crippen LogP contribution in [0.2, 0.25) is 0 Å². The topological polar surface area (TPSA) is 212 Å². The van der Waals surface area contributed by atoms with Crippen molar-refractivity contribution in [2.24, 2.45) is 0 Å². The minimum atomic E-state index is -5.12. The van der Waals surface area contributed by atoms with Gasteiger partial charge in [0, 0.05) is 0 Å². The molecule has 0 aromatic heterocycles. The highest BCUT2D eigenvalue weighted by atomic mass is 32.3. The van der Waals surface area contributed by atoms with Gasteiger partial charge in [0.15, 0.2) is 6.29 Å². The molecule has 1 amide bonds. The van der Waals surface area contributed by atoms with Crippen LogP contribution in [0.1, 0.15) is 174 Å². The summed E-state index contributed by atoms with van der Waals surface area (Å²) in [6, 6.07) is -1.14. The van der Waals surface area contributed by atoms with Crippen LogP contribution in [-0.4, -0.2) is 107 Å². The maximum atomic E-state index is 13.0. The van der Waals surface area contributed by atoms with Crippen LogP contribution in [0.4, 0.5) is 0 Å². The largest absolute Gasteiger partial charge is 0.397 e. The maximum absolute atomic E-state index is 13.0. The molecule has 0 radical (unpaired) electrons. The van der Waals surface area contributed by atoms with Gasteiger partial charge >= 0.3 is 10.4 Å². The Hall–Kier alpha value is -1.72. The summed E-state index contributed by atoms with van der Waals surface area (Å²) in [6.45, 7) is 3.12. The number of carbonyl (C=O) groups is 1. The molecule has 1 heterocycles. The first-order valence-electron chi connectivity index (χ1n) is 22.5. The Balaban J connectivity index is 2.52. The van der Waals surface area contributed by atoms with Crippen molar-refractivity contribution in [3.05, 3.63) is 36.5 Å². The number of rotatable bonds is 37. The van der Waals surface area contributed by atoms with Crippen molar-refractivity contribution >= 4 is 16.3 Å². The number of hydrogen-bond acceptors (Lipinski definition) is 11. The lowest BCUT2D eigenvalue weighted by Crippen LogP contribution is -2.61. The molecule has 8 unspecified atom stereocenters. The average Bonchev–Trinajstić information content (AvgIpc) is 3.19. The standard InChI is InChI=1S/C44H81NO12S/c1-3-5-7-9-11-13-14-15-16-17-18-19-20-21-22-23-25-27-29-31-33-38(48)43(51)45-36(37(47)32-30-28-26-24-12-10-8-6-4-2)35-55-44-41(50)42(57-58(52,53)54)40(49)39(34-46)56-44/h12,19-20,24,30,32,36-42,44,46-50H,3-11,13-18,21-23,25-29,31,33-35H2,1-2H3,(H,45,51)(H,52,53,54)/b20-19-,24-12+,32-30+. The SMILES string of the molecule is CCCCC/C=C/CC/C=C/C(O)C(COC1OC(CO)C(O)C(OS(=O)(=O)O)C1O)NC(=O)C(O)CCCCCCCC/C=C\CCCCCCCCCCCC. The predicted molar refractivity (Wildman–Crippen MR) is 228 cm³/mol. The number of amides is 1. The Morgan fingerprint density at radius 2 is 1.16 bits per heavy atom. The van der Waals surface area contributed by atoms with Crippen molar-refractivity contribution in [1.29, 1.82) is 0 Å². The molecule has 58 heavy (non-hydrogen) atoms. The first-order valence-corrected chi connectivity index (χ1v) is 23.8. The highest BCUT2D eigenvalue weighted by Gasteiger charge is 2.48. The zero-order chi connectivity index (χ0) is 42.9. The molecular weight excluding hydrogens is 767 g/mol. The molecule has 8 atom stereocenters. The molecule has 0 spiro atoms. The Labute approximate surface area is 350 Å². The first kappa shape index (κ1) is 54.3. The first-order chi connectivity index (χ1) is 27.9. The van der Waals surface area contributed by atoms with Gasteiger partial charge in [-0.1, -0.05) is 153 Å². The Bertz CT molecular complexity index is 1200. The van der Waals surface area contributed by atoms with Crippen LogP contribution in [-0.2, 0) is 28.9 Å². The normalized spacial score (nSPS) is 22.0. The van der Waals surface area contributed by atoms with Crippen LogP contribution < -0.4 is 5.32 Å². The van der Waals surface area contributed by atoms with Gasteiger partial charge in [-0.2, -0.15) is 8.42 Å². The molecule has 1 rings (SSSR count). The Morgan fingerprint density at radius 1 is 0.690 bits per heavy atom. The van der Waals surface area contributed by atoms with Crippen LogP contribution in [0, 0.1) is 0 Å². The molecule has 7 N–H and O–H groups in total. The third-order valence-electron chi connectivity index (χ3n) is 10.5. The van der Waals surface area contributed by atoms with E-state index in [1.807, 2.05) is 0 Å². The number of aliphatic hydroxyl groups excluding tert-OH is 5. The number of unbranched alkanes of at least 4 members (excludes halogenated alkanes) is 20. The summed E-state index contributed by atoms with van der Waals surface area (Å²) in [4.78, 5) is 13.0. The Kier molecular flexibility index (Phi) is 32.7. The number of allylic oxidation sites excluding steroid dienone is 5. The summed E-state index contributed by atoms with van der Waals surface area (Å²) in [5, 5.41) is 54.9. The van der Waals surface area contributed by atoms with Crippen LogP contribution >= 0.6 is 0 Å². The van der Waals surface area contributed by atoms with E-state index in [1.54, 1.807) is 6.08 Å². The van der Waals surface area contributed by atoms with E-state index < -0.39 is 78.5 Å². The highest BCUT2D eigenvalue weighted by Crippen LogP contribution is 2.26. The van der Waals surface area contributed by atoms with Crippen LogP contribution in [0.15, 0.2) is 36.5 Å². The minimum Gasteiger partial charge on any atom is -0.394 e. The van der Waals surface area contributed by atoms with Gasteiger partial charge in [0.05, 0.1) is 25.4 Å². The molecule has 0 aliphatic carbocycles. The molecule has 1 fully saturated rings. The zero-order valence-corrected chi connectivity index (χ0v) is 36.5. The highest BCUT2D eigenvalue weighted by molar-refractivity contribution is 7.80. The smallest absolute Gasteiger partial charge is 0.394 e. The van der Waals surface area contributed by atoms with E-state index >= 15 is 0 Å². The van der Waals surface area contributed by atoms with E-state index in [0.29, 0.717) is 12.8 Å². The van der Waals surface area contributed by atoms with Crippen molar-refractivity contribution < 1.29 is 57.0 Å². The van der Waals surface area contributed by atoms with E-state index in [2.05, 4.69) is 47.7 Å². The molecule has 1 aliphatic rings. The predicted octanol–water partition coefficient (Wildman–Crippen LogP) is 7.30. The van der Waals surface area contributed by atoms with E-state index in [-0.39, 0.29) is 6.42 Å². The molecule has 0 bridgehead atoms. The van der Waals surface area contributed by atoms with Crippen molar-refractivity contribution in [1.82, 2.24) is 5.32 Å². The summed E-state index contributed by atoms with van der Waals surface area (Å²) in [6.07, 6.45) is 28.3. The van der Waals surface area contributed by atoms with Gasteiger partial charge in [0.25, 0.3) is 0 Å². The summed E-state index contributed by atoms with van der Waals surface area (Å²) in [5.74, 6) is -0.720. The second-order valence-electron chi connectivity index (χ2n) is 15.8. The van der Waals surface area contributed by atoms with Crippen molar-refractivity contribution in [3.63, 3.8) is 0 Å². The van der Waals surface area contributed by atoms with Gasteiger partial charge in [0.2, 0.25) is 5.91 Å². The second-order valence-corrected chi connectivity index (χ2v) is 16.8. The lowest BCUT2D eigenvalue weighted by atomic mass is 9.99. The number of carbonyl (C=O) groups excluding carboxylic acids is 1. The van der Waals surface area contributed by atoms with Crippen molar-refractivity contribution in [2.75, 3.05) is 13.2 Å². The molecular formula is C44H81NO12S. The fourth-order valence-corrected chi connectivity index (χ4v) is 7.39. The lowest BCUT2D eigenvalue weighted by Gasteiger charge is -2.41. The van der Waals surface area contributed by atoms with Crippen LogP contribution in [0.3, 0.4) is 0 Å². The Morgan fingerprint density at radius 3 is 1.69 bits per heavy atom. The van der Waals surface area contributed by atoms with Gasteiger partial charge in [-0.05, 0) is 57.8 Å². The zero-order valence-electron chi connectivity index (χ0n) is 35.7. The number of nitrogens with one attached hydrogen (secondary N) is 1. The summed E-state index contributed by atoms with van der Waals surface area (Å²) in [7, 11) is -5.12. The number of hydrogen-bond donors (Lipinski definition) is 7. The number of aliphatic hydroxyl groups is 5. The molecule has 1 saturated heterocycles. The van der Waals surface area contributed by atoms with Crippen molar-refractivity contribution in [2.45, 2.75) is 223 Å². The van der Waals surface area contributed by atoms with Gasteiger partial charge in [-0.3, -0.25) is 9.35 Å². The van der Waals surface area contributed by atoms with Gasteiger partial charge < -0.3 is 40.3 Å². The van der Waals surface area contributed by atoms with Crippen molar-refractivity contribution in [3.8, 4) is 0 Å². The summed E-state index contributed by atoms with van der Waals surface area (Å²) >= 11 is 0. The van der Waals surface area contributed by atoms with E-state index in [1.165, 1.54) is 76.7 Å². The van der Waals surface area contributed by atoms with Gasteiger partial charge in [-0.25, -0.2) is 4.18 Å². The second kappa shape index (κ2) is 34.9. The minimum absolute atomic E-state index is 0.229. The maximum Gasteiger partial charge on any atom is 0.397 e. The molecule has 13 nitrogen and oxygen atoms in total. The van der Waals surface area contributed by atoms with E-state index in [9.17, 15) is 38.7 Å². The molecule has 0 aromatic rings. The molecule has 1 aliphatic heterocycles. The summed E-state index contributed by atoms with van der Waals surface area (Å²) < 4.78 is 47.3. The quantitative estimate of drug-likeness (QED) is 0.0187. The average molecular weight is 848 g/mol. The molecule has 0 aromatic carbocycles. The molecule has 14 heteroatoms. The van der Waals surface area contributed by atoms with E-state index in [4.69, 9.17) is 14.0 Å². The van der Waals surface area contributed by atoms with Crippen LogP contribution in [0.5, 0.6) is 0 Å². The molecule has 0 saturated carbocycles. The number of ether oxygens (including phenoxy) is 2. The third-order valence-corrected chi connectivity index (χ3v) is 11.0.